The Morgan fingerprint density at radius 2 is 2.07 bits per heavy atom. The fourth-order valence-electron chi connectivity index (χ4n) is 1.40. The molecule has 1 N–H and O–H groups in total. The van der Waals surface area contributed by atoms with E-state index in [0.717, 1.165) is 19.7 Å². The molecular weight excluding hydrogens is 174 g/mol. The third-order valence-electron chi connectivity index (χ3n) is 2.52. The quantitative estimate of drug-likeness (QED) is 0.723. The van der Waals surface area contributed by atoms with E-state index >= 15 is 0 Å². The van der Waals surface area contributed by atoms with Crippen LogP contribution in [-0.4, -0.2) is 20.3 Å². The summed E-state index contributed by atoms with van der Waals surface area (Å²) in [6.45, 7) is 6.92. The zero-order valence-electron chi connectivity index (χ0n) is 9.26. The van der Waals surface area contributed by atoms with Gasteiger partial charge in [0.05, 0.1) is 6.61 Å². The first-order chi connectivity index (χ1) is 6.75. The van der Waals surface area contributed by atoms with Gasteiger partial charge in [0, 0.05) is 20.2 Å². The van der Waals surface area contributed by atoms with Gasteiger partial charge in [-0.2, -0.15) is 0 Å². The van der Waals surface area contributed by atoms with E-state index in [9.17, 15) is 0 Å². The number of ether oxygens (including phenoxy) is 1. The Hall–Kier alpha value is -0.860. The maximum atomic E-state index is 4.97. The summed E-state index contributed by atoms with van der Waals surface area (Å²) in [4.78, 5) is 0. The molecule has 0 unspecified atom stereocenters. The van der Waals surface area contributed by atoms with Crippen LogP contribution >= 0.6 is 0 Å². The Morgan fingerprint density at radius 3 is 2.79 bits per heavy atom. The van der Waals surface area contributed by atoms with Crippen LogP contribution in [0.1, 0.15) is 16.7 Å². The molecule has 1 rings (SSSR count). The van der Waals surface area contributed by atoms with E-state index in [1.165, 1.54) is 16.7 Å². The zero-order chi connectivity index (χ0) is 10.4. The van der Waals surface area contributed by atoms with Crippen LogP contribution in [0.3, 0.4) is 0 Å². The molecule has 0 atom stereocenters. The van der Waals surface area contributed by atoms with Crippen molar-refractivity contribution in [2.24, 2.45) is 0 Å². The van der Waals surface area contributed by atoms with Gasteiger partial charge in [0.1, 0.15) is 0 Å². The number of benzene rings is 1. The molecule has 0 aliphatic rings. The molecular formula is C12H19NO. The van der Waals surface area contributed by atoms with Crippen molar-refractivity contribution in [2.75, 3.05) is 20.3 Å². The Balaban J connectivity index is 2.46. The second-order valence-corrected chi connectivity index (χ2v) is 3.53. The molecule has 14 heavy (non-hydrogen) atoms. The normalized spacial score (nSPS) is 10.5. The minimum Gasteiger partial charge on any atom is -0.383 e. The van der Waals surface area contributed by atoms with E-state index in [2.05, 4.69) is 37.4 Å². The lowest BCUT2D eigenvalue weighted by atomic mass is 10.0. The lowest BCUT2D eigenvalue weighted by molar-refractivity contribution is 0.199. The summed E-state index contributed by atoms with van der Waals surface area (Å²) in [6, 6.07) is 6.42. The highest BCUT2D eigenvalue weighted by molar-refractivity contribution is 5.32. The second kappa shape index (κ2) is 5.78. The van der Waals surface area contributed by atoms with Crippen molar-refractivity contribution in [1.29, 1.82) is 0 Å². The summed E-state index contributed by atoms with van der Waals surface area (Å²) < 4.78 is 4.97. The maximum Gasteiger partial charge on any atom is 0.0587 e. The van der Waals surface area contributed by atoms with Gasteiger partial charge in [-0.3, -0.25) is 0 Å². The standard InChI is InChI=1S/C12H19NO/c1-10-5-4-6-12(11(10)2)9-13-7-8-14-3/h4-6,13H,7-9H2,1-3H3. The third kappa shape index (κ3) is 3.13. The second-order valence-electron chi connectivity index (χ2n) is 3.53. The Morgan fingerprint density at radius 1 is 1.29 bits per heavy atom. The van der Waals surface area contributed by atoms with Crippen LogP contribution < -0.4 is 5.32 Å². The zero-order valence-corrected chi connectivity index (χ0v) is 9.26. The van der Waals surface area contributed by atoms with Crippen LogP contribution in [0.25, 0.3) is 0 Å². The van der Waals surface area contributed by atoms with Crippen molar-refractivity contribution < 1.29 is 4.74 Å². The molecule has 0 saturated carbocycles. The van der Waals surface area contributed by atoms with E-state index < -0.39 is 0 Å². The molecule has 0 heterocycles. The number of hydrogen-bond donors (Lipinski definition) is 1. The Bertz CT molecular complexity index is 284. The summed E-state index contributed by atoms with van der Waals surface area (Å²) in [5, 5.41) is 3.35. The van der Waals surface area contributed by atoms with Gasteiger partial charge in [-0.15, -0.1) is 0 Å². The first kappa shape index (κ1) is 11.2. The molecule has 1 aromatic carbocycles. The minimum absolute atomic E-state index is 0.769. The monoisotopic (exact) mass is 193 g/mol. The lowest BCUT2D eigenvalue weighted by Crippen LogP contribution is -2.19. The topological polar surface area (TPSA) is 21.3 Å². The molecule has 0 aliphatic carbocycles. The summed E-state index contributed by atoms with van der Waals surface area (Å²) in [7, 11) is 1.72. The summed E-state index contributed by atoms with van der Waals surface area (Å²) in [5.41, 5.74) is 4.12. The van der Waals surface area contributed by atoms with Gasteiger partial charge in [0.15, 0.2) is 0 Å². The van der Waals surface area contributed by atoms with Crippen molar-refractivity contribution in [2.45, 2.75) is 20.4 Å². The fourth-order valence-corrected chi connectivity index (χ4v) is 1.40. The molecule has 0 spiro atoms. The van der Waals surface area contributed by atoms with Gasteiger partial charge in [0.2, 0.25) is 0 Å². The van der Waals surface area contributed by atoms with Crippen LogP contribution in [0.4, 0.5) is 0 Å². The highest BCUT2D eigenvalue weighted by Crippen LogP contribution is 2.11. The van der Waals surface area contributed by atoms with Crippen molar-refractivity contribution in [3.63, 3.8) is 0 Å². The number of hydrogen-bond acceptors (Lipinski definition) is 2. The van der Waals surface area contributed by atoms with Gasteiger partial charge < -0.3 is 10.1 Å². The average molecular weight is 193 g/mol. The van der Waals surface area contributed by atoms with E-state index in [0.29, 0.717) is 0 Å². The molecule has 0 aliphatic heterocycles. The predicted octanol–water partition coefficient (Wildman–Crippen LogP) is 2.04. The first-order valence-corrected chi connectivity index (χ1v) is 5.00. The van der Waals surface area contributed by atoms with Gasteiger partial charge in [0.25, 0.3) is 0 Å². The summed E-state index contributed by atoms with van der Waals surface area (Å²) in [5.74, 6) is 0. The largest absolute Gasteiger partial charge is 0.383 e. The number of methoxy groups -OCH3 is 1. The third-order valence-corrected chi connectivity index (χ3v) is 2.52. The number of rotatable bonds is 5. The number of nitrogens with one attached hydrogen (secondary N) is 1. The van der Waals surface area contributed by atoms with Crippen LogP contribution in [0, 0.1) is 13.8 Å². The van der Waals surface area contributed by atoms with Gasteiger partial charge >= 0.3 is 0 Å². The predicted molar refractivity (Wildman–Crippen MR) is 59.5 cm³/mol. The van der Waals surface area contributed by atoms with Crippen LogP contribution in [0.2, 0.25) is 0 Å². The number of aryl methyl sites for hydroxylation is 1. The Kier molecular flexibility index (Phi) is 4.63. The van der Waals surface area contributed by atoms with Gasteiger partial charge in [-0.1, -0.05) is 18.2 Å². The molecule has 2 nitrogen and oxygen atoms in total. The van der Waals surface area contributed by atoms with Crippen molar-refractivity contribution in [1.82, 2.24) is 5.32 Å². The van der Waals surface area contributed by atoms with Crippen molar-refractivity contribution in [3.05, 3.63) is 34.9 Å². The van der Waals surface area contributed by atoms with E-state index in [4.69, 9.17) is 4.74 Å². The molecule has 2 heteroatoms. The van der Waals surface area contributed by atoms with Crippen LogP contribution in [-0.2, 0) is 11.3 Å². The average Bonchev–Trinajstić information content (AvgIpc) is 2.19. The van der Waals surface area contributed by atoms with E-state index in [1.54, 1.807) is 7.11 Å². The van der Waals surface area contributed by atoms with Crippen molar-refractivity contribution >= 4 is 0 Å². The molecule has 0 bridgehead atoms. The van der Waals surface area contributed by atoms with Crippen molar-refractivity contribution in [3.8, 4) is 0 Å². The minimum atomic E-state index is 0.769. The van der Waals surface area contributed by atoms with Gasteiger partial charge in [-0.05, 0) is 30.5 Å². The van der Waals surface area contributed by atoms with E-state index in [1.807, 2.05) is 0 Å². The SMILES string of the molecule is COCCNCc1cccc(C)c1C. The molecule has 0 aromatic heterocycles. The highest BCUT2D eigenvalue weighted by Gasteiger charge is 1.99. The molecule has 0 saturated heterocycles. The molecule has 0 radical (unpaired) electrons. The maximum absolute atomic E-state index is 4.97. The molecule has 78 valence electrons. The fraction of sp³-hybridized carbons (Fsp3) is 0.500. The van der Waals surface area contributed by atoms with Crippen LogP contribution in [0.5, 0.6) is 0 Å². The molecule has 0 fully saturated rings. The Labute approximate surface area is 86.3 Å². The summed E-state index contributed by atoms with van der Waals surface area (Å²) >= 11 is 0. The molecule has 1 aromatic rings. The van der Waals surface area contributed by atoms with Crippen LogP contribution in [0.15, 0.2) is 18.2 Å². The highest BCUT2D eigenvalue weighted by atomic mass is 16.5. The van der Waals surface area contributed by atoms with E-state index in [-0.39, 0.29) is 0 Å². The van der Waals surface area contributed by atoms with Gasteiger partial charge in [-0.25, -0.2) is 0 Å². The molecule has 0 amide bonds. The lowest BCUT2D eigenvalue weighted by Gasteiger charge is -2.09. The summed E-state index contributed by atoms with van der Waals surface area (Å²) in [6.07, 6.45) is 0. The smallest absolute Gasteiger partial charge is 0.0587 e. The first-order valence-electron chi connectivity index (χ1n) is 5.00.